The smallest absolute Gasteiger partial charge is 0.221 e. The van der Waals surface area contributed by atoms with Crippen LogP contribution in [0.4, 0.5) is 4.39 Å². The molecule has 0 unspecified atom stereocenters. The van der Waals surface area contributed by atoms with Crippen LogP contribution in [0.5, 0.6) is 5.88 Å². The molecule has 2 saturated carbocycles. The average molecular weight is 479 g/mol. The Labute approximate surface area is 209 Å². The van der Waals surface area contributed by atoms with Crippen LogP contribution in [0.15, 0.2) is 48.8 Å². The third kappa shape index (κ3) is 6.58. The molecule has 0 atom stereocenters. The summed E-state index contributed by atoms with van der Waals surface area (Å²) in [4.78, 5) is 7.92. The first-order valence-corrected chi connectivity index (χ1v) is 12.8. The molecule has 5 rings (SSSR count). The van der Waals surface area contributed by atoms with E-state index < -0.39 is 11.5 Å². The second-order valence-electron chi connectivity index (χ2n) is 12.0. The number of rotatable bonds is 2. The van der Waals surface area contributed by atoms with E-state index in [-0.39, 0.29) is 5.60 Å². The highest BCUT2D eigenvalue weighted by atomic mass is 19.1. The molecule has 1 spiro atoms. The lowest BCUT2D eigenvalue weighted by Crippen LogP contribution is -2.41. The second-order valence-corrected chi connectivity index (χ2v) is 12.0. The maximum atomic E-state index is 13.3. The molecule has 2 fully saturated rings. The predicted octanol–water partition coefficient (Wildman–Crippen LogP) is 7.39. The van der Waals surface area contributed by atoms with E-state index in [9.17, 15) is 9.50 Å². The number of hydrogen-bond acceptors (Lipinski definition) is 4. The van der Waals surface area contributed by atoms with Gasteiger partial charge >= 0.3 is 0 Å². The van der Waals surface area contributed by atoms with Crippen molar-refractivity contribution >= 4 is 12.2 Å². The highest BCUT2D eigenvalue weighted by molar-refractivity contribution is 5.58. The number of halogens is 1. The van der Waals surface area contributed by atoms with Gasteiger partial charge < -0.3 is 9.84 Å². The molecule has 4 nitrogen and oxygen atoms in total. The molecule has 1 N–H and O–H groups in total. The first-order valence-electron chi connectivity index (χ1n) is 12.8. The van der Waals surface area contributed by atoms with Gasteiger partial charge in [-0.3, -0.25) is 0 Å². The van der Waals surface area contributed by atoms with Gasteiger partial charge in [0, 0.05) is 23.5 Å². The van der Waals surface area contributed by atoms with Gasteiger partial charge in [-0.05, 0) is 98.6 Å². The monoisotopic (exact) mass is 478 g/mol. The fraction of sp³-hybridized carbons (Fsp3) is 0.533. The molecule has 3 heterocycles. The van der Waals surface area contributed by atoms with Crippen LogP contribution < -0.4 is 4.74 Å². The maximum Gasteiger partial charge on any atom is 0.221 e. The van der Waals surface area contributed by atoms with Gasteiger partial charge in [0.05, 0.1) is 5.60 Å². The van der Waals surface area contributed by atoms with Crippen molar-refractivity contribution in [3.8, 4) is 5.88 Å². The summed E-state index contributed by atoms with van der Waals surface area (Å²) in [5, 5.41) is 10.4. The Morgan fingerprint density at radius 3 is 2.11 bits per heavy atom. The van der Waals surface area contributed by atoms with Crippen molar-refractivity contribution < 1.29 is 14.2 Å². The molecule has 5 heteroatoms. The minimum atomic E-state index is -0.794. The minimum absolute atomic E-state index is 0.0864. The van der Waals surface area contributed by atoms with E-state index in [1.807, 2.05) is 6.07 Å². The lowest BCUT2D eigenvalue weighted by Gasteiger charge is -2.43. The van der Waals surface area contributed by atoms with Crippen LogP contribution in [0.25, 0.3) is 12.2 Å². The Hall–Kier alpha value is -2.53. The summed E-state index contributed by atoms with van der Waals surface area (Å²) in [6, 6.07) is 7.36. The van der Waals surface area contributed by atoms with Gasteiger partial charge in [0.25, 0.3) is 0 Å². The number of fused-ring (bicyclic) bond motifs is 1. The first-order chi connectivity index (χ1) is 16.5. The standard InChI is InChI=1S/C15H20FNO.C15H19NO/c1-14(2)7-9-15(18,10-8-14)6-5-12-4-3-11-17-13(12)16;1-14(2)7-9-15(10-8-14)6-5-12-4-3-11-16-13(12)17-15/h3-6,11,18H,7-10H2,1-2H3;3-6,11H,7-10H2,1-2H3/b6-5-;. The summed E-state index contributed by atoms with van der Waals surface area (Å²) in [7, 11) is 0. The van der Waals surface area contributed by atoms with Gasteiger partial charge in [-0.25, -0.2) is 9.97 Å². The normalized spacial score (nSPS) is 23.1. The zero-order valence-electron chi connectivity index (χ0n) is 21.6. The Kier molecular flexibility index (Phi) is 7.19. The van der Waals surface area contributed by atoms with Crippen LogP contribution in [0.1, 0.15) is 90.2 Å². The lowest BCUT2D eigenvalue weighted by atomic mass is 9.70. The molecule has 2 aliphatic carbocycles. The van der Waals surface area contributed by atoms with E-state index in [0.29, 0.717) is 16.4 Å². The van der Waals surface area contributed by atoms with E-state index >= 15 is 0 Å². The van der Waals surface area contributed by atoms with Gasteiger partial charge in [0.15, 0.2) is 0 Å². The van der Waals surface area contributed by atoms with Crippen molar-refractivity contribution in [3.05, 3.63) is 65.9 Å². The van der Waals surface area contributed by atoms with E-state index in [4.69, 9.17) is 4.74 Å². The highest BCUT2D eigenvalue weighted by Crippen LogP contribution is 2.45. The Morgan fingerprint density at radius 2 is 1.46 bits per heavy atom. The van der Waals surface area contributed by atoms with Gasteiger partial charge in [-0.1, -0.05) is 39.8 Å². The second kappa shape index (κ2) is 9.85. The van der Waals surface area contributed by atoms with Gasteiger partial charge in [-0.2, -0.15) is 4.39 Å². The zero-order chi connectivity index (χ0) is 25.2. The molecule has 1 aliphatic heterocycles. The SMILES string of the molecule is CC1(C)CCC(O)(/C=C\c2cccnc2F)CC1.CC1(C)CCC2(C=Cc3cccnc3O2)CC1. The minimum Gasteiger partial charge on any atom is -0.466 e. The highest BCUT2D eigenvalue weighted by Gasteiger charge is 2.40. The quantitative estimate of drug-likeness (QED) is 0.457. The van der Waals surface area contributed by atoms with Crippen molar-refractivity contribution in [2.24, 2.45) is 10.8 Å². The topological polar surface area (TPSA) is 55.2 Å². The largest absolute Gasteiger partial charge is 0.466 e. The third-order valence-corrected chi connectivity index (χ3v) is 7.95. The van der Waals surface area contributed by atoms with E-state index in [1.165, 1.54) is 19.0 Å². The molecule has 35 heavy (non-hydrogen) atoms. The van der Waals surface area contributed by atoms with Crippen LogP contribution in [0, 0.1) is 16.8 Å². The van der Waals surface area contributed by atoms with Crippen LogP contribution in [-0.4, -0.2) is 26.3 Å². The first kappa shape index (κ1) is 25.6. The third-order valence-electron chi connectivity index (χ3n) is 7.95. The lowest BCUT2D eigenvalue weighted by molar-refractivity contribution is 0.0156. The molecule has 188 valence electrons. The van der Waals surface area contributed by atoms with E-state index in [0.717, 1.165) is 50.0 Å². The molecular weight excluding hydrogens is 439 g/mol. The Bertz CT molecular complexity index is 1070. The zero-order valence-corrected chi connectivity index (χ0v) is 21.6. The number of ether oxygens (including phenoxy) is 1. The summed E-state index contributed by atoms with van der Waals surface area (Å²) < 4.78 is 19.5. The number of hydrogen-bond donors (Lipinski definition) is 1. The number of aliphatic hydroxyl groups is 1. The number of nitrogens with zero attached hydrogens (tertiary/aromatic N) is 2. The maximum absolute atomic E-state index is 13.3. The summed E-state index contributed by atoms with van der Waals surface area (Å²) >= 11 is 0. The average Bonchev–Trinajstić information content (AvgIpc) is 2.84. The van der Waals surface area contributed by atoms with Crippen LogP contribution in [-0.2, 0) is 0 Å². The fourth-order valence-corrected chi connectivity index (χ4v) is 5.00. The van der Waals surface area contributed by atoms with Crippen molar-refractivity contribution in [3.63, 3.8) is 0 Å². The summed E-state index contributed by atoms with van der Waals surface area (Å²) in [6.07, 6.45) is 19.1. The van der Waals surface area contributed by atoms with Crippen LogP contribution in [0.2, 0.25) is 0 Å². The van der Waals surface area contributed by atoms with Crippen molar-refractivity contribution in [1.82, 2.24) is 9.97 Å². The van der Waals surface area contributed by atoms with Crippen LogP contribution in [0.3, 0.4) is 0 Å². The van der Waals surface area contributed by atoms with Crippen LogP contribution >= 0.6 is 0 Å². The van der Waals surface area contributed by atoms with Crippen molar-refractivity contribution in [1.29, 1.82) is 0 Å². The van der Waals surface area contributed by atoms with Gasteiger partial charge in [0.2, 0.25) is 11.8 Å². The van der Waals surface area contributed by atoms with Crippen molar-refractivity contribution in [2.45, 2.75) is 90.3 Å². The Balaban J connectivity index is 0.000000165. The predicted molar refractivity (Wildman–Crippen MR) is 139 cm³/mol. The molecule has 3 aliphatic rings. The number of pyridine rings is 2. The summed E-state index contributed by atoms with van der Waals surface area (Å²) in [5.74, 6) is 0.309. The summed E-state index contributed by atoms with van der Waals surface area (Å²) in [6.45, 7) is 9.13. The number of aromatic nitrogens is 2. The molecule has 0 radical (unpaired) electrons. The van der Waals surface area contributed by atoms with Crippen molar-refractivity contribution in [2.75, 3.05) is 0 Å². The molecule has 0 amide bonds. The Morgan fingerprint density at radius 1 is 0.857 bits per heavy atom. The van der Waals surface area contributed by atoms with Gasteiger partial charge in [0.1, 0.15) is 5.60 Å². The molecular formula is C30H39FN2O2. The van der Waals surface area contributed by atoms with E-state index in [2.05, 4.69) is 55.9 Å². The fourth-order valence-electron chi connectivity index (χ4n) is 5.00. The molecule has 2 aromatic heterocycles. The van der Waals surface area contributed by atoms with Gasteiger partial charge in [-0.15, -0.1) is 0 Å². The molecule has 0 saturated heterocycles. The van der Waals surface area contributed by atoms with E-state index in [1.54, 1.807) is 30.5 Å². The molecule has 2 aromatic rings. The summed E-state index contributed by atoms with van der Waals surface area (Å²) in [5.41, 5.74) is 1.42. The molecule has 0 bridgehead atoms. The molecule has 0 aromatic carbocycles.